The lowest BCUT2D eigenvalue weighted by Gasteiger charge is -2.18. The first-order chi connectivity index (χ1) is 9.65. The summed E-state index contributed by atoms with van der Waals surface area (Å²) < 4.78 is 4.70. The van der Waals surface area contributed by atoms with E-state index < -0.39 is 0 Å². The van der Waals surface area contributed by atoms with Crippen molar-refractivity contribution < 1.29 is 14.6 Å². The van der Waals surface area contributed by atoms with Crippen LogP contribution in [0, 0.1) is 18.8 Å². The highest BCUT2D eigenvalue weighted by molar-refractivity contribution is 5.90. The number of aromatic nitrogens is 1. The van der Waals surface area contributed by atoms with Crippen molar-refractivity contribution in [2.24, 2.45) is 11.8 Å². The molecule has 0 radical (unpaired) electrons. The molecule has 5 nitrogen and oxygen atoms in total. The number of aryl methyl sites for hydroxylation is 1. The molecule has 0 aliphatic heterocycles. The second kappa shape index (κ2) is 6.70. The van der Waals surface area contributed by atoms with Crippen LogP contribution in [0.4, 0.5) is 5.82 Å². The van der Waals surface area contributed by atoms with E-state index in [9.17, 15) is 9.90 Å². The molecule has 0 bridgehead atoms. The van der Waals surface area contributed by atoms with Gasteiger partial charge in [0.05, 0.1) is 18.4 Å². The third-order valence-electron chi connectivity index (χ3n) is 4.09. The minimum atomic E-state index is -0.363. The van der Waals surface area contributed by atoms with E-state index in [-0.39, 0.29) is 12.6 Å². The summed E-state index contributed by atoms with van der Waals surface area (Å²) in [6.45, 7) is 2.87. The van der Waals surface area contributed by atoms with Gasteiger partial charge in [-0.05, 0) is 43.7 Å². The van der Waals surface area contributed by atoms with Crippen LogP contribution in [0.15, 0.2) is 12.1 Å². The quantitative estimate of drug-likeness (QED) is 0.806. The number of anilines is 1. The van der Waals surface area contributed by atoms with Gasteiger partial charge in [-0.1, -0.05) is 6.42 Å². The summed E-state index contributed by atoms with van der Waals surface area (Å²) in [6, 6.07) is 3.52. The molecule has 1 saturated carbocycles. The Morgan fingerprint density at radius 3 is 2.85 bits per heavy atom. The van der Waals surface area contributed by atoms with E-state index in [4.69, 9.17) is 4.74 Å². The Labute approximate surface area is 119 Å². The summed E-state index contributed by atoms with van der Waals surface area (Å²) in [5, 5.41) is 12.6. The fourth-order valence-electron chi connectivity index (χ4n) is 2.84. The van der Waals surface area contributed by atoms with Gasteiger partial charge >= 0.3 is 5.97 Å². The van der Waals surface area contributed by atoms with Gasteiger partial charge in [0.1, 0.15) is 5.82 Å². The van der Waals surface area contributed by atoms with E-state index in [0.717, 1.165) is 25.2 Å². The number of hydrogen-bond donors (Lipinski definition) is 2. The van der Waals surface area contributed by atoms with Crippen molar-refractivity contribution in [1.29, 1.82) is 0 Å². The van der Waals surface area contributed by atoms with E-state index in [0.29, 0.717) is 23.1 Å². The Morgan fingerprint density at radius 1 is 1.45 bits per heavy atom. The second-order valence-electron chi connectivity index (χ2n) is 5.34. The second-order valence-corrected chi connectivity index (χ2v) is 5.34. The molecule has 0 amide bonds. The standard InChI is InChI=1S/C15H22N2O3/c1-10-13(15(19)20-2)6-7-14(17-10)16-8-11-4-3-5-12(11)9-18/h6-7,11-12,18H,3-5,8-9H2,1-2H3,(H,16,17). The molecule has 5 heteroatoms. The monoisotopic (exact) mass is 278 g/mol. The number of aliphatic hydroxyl groups excluding tert-OH is 1. The van der Waals surface area contributed by atoms with Crippen molar-refractivity contribution in [2.45, 2.75) is 26.2 Å². The van der Waals surface area contributed by atoms with Crippen LogP contribution in [0.1, 0.15) is 35.3 Å². The summed E-state index contributed by atoms with van der Waals surface area (Å²) in [5.74, 6) is 1.30. The lowest BCUT2D eigenvalue weighted by atomic mass is 9.97. The first-order valence-electron chi connectivity index (χ1n) is 7.06. The topological polar surface area (TPSA) is 71.5 Å². The fraction of sp³-hybridized carbons (Fsp3) is 0.600. The van der Waals surface area contributed by atoms with Crippen molar-refractivity contribution >= 4 is 11.8 Å². The van der Waals surface area contributed by atoms with Crippen LogP contribution in [-0.4, -0.2) is 36.3 Å². The zero-order valence-electron chi connectivity index (χ0n) is 12.1. The van der Waals surface area contributed by atoms with Crippen LogP contribution < -0.4 is 5.32 Å². The van der Waals surface area contributed by atoms with E-state index in [2.05, 4.69) is 10.3 Å². The average molecular weight is 278 g/mol. The average Bonchev–Trinajstić information content (AvgIpc) is 2.92. The van der Waals surface area contributed by atoms with Crippen LogP contribution in [0.3, 0.4) is 0 Å². The van der Waals surface area contributed by atoms with E-state index in [1.165, 1.54) is 13.5 Å². The van der Waals surface area contributed by atoms with Crippen LogP contribution in [-0.2, 0) is 4.74 Å². The SMILES string of the molecule is COC(=O)c1ccc(NCC2CCCC2CO)nc1C. The summed E-state index contributed by atoms with van der Waals surface area (Å²) in [4.78, 5) is 15.9. The molecule has 110 valence electrons. The first kappa shape index (κ1) is 14.8. The predicted octanol–water partition coefficient (Wildman–Crippen LogP) is 2.00. The molecule has 2 unspecified atom stereocenters. The number of aliphatic hydroxyl groups is 1. The maximum absolute atomic E-state index is 11.5. The summed E-state index contributed by atoms with van der Waals surface area (Å²) in [5.41, 5.74) is 1.15. The van der Waals surface area contributed by atoms with Crippen molar-refractivity contribution in [3.63, 3.8) is 0 Å². The van der Waals surface area contributed by atoms with Crippen molar-refractivity contribution in [3.8, 4) is 0 Å². The molecule has 2 rings (SSSR count). The summed E-state index contributed by atoms with van der Waals surface area (Å²) in [6.07, 6.45) is 3.44. The Kier molecular flexibility index (Phi) is 4.95. The van der Waals surface area contributed by atoms with E-state index in [1.54, 1.807) is 19.1 Å². The van der Waals surface area contributed by atoms with Crippen molar-refractivity contribution in [2.75, 3.05) is 25.6 Å². The number of methoxy groups -OCH3 is 1. The lowest BCUT2D eigenvalue weighted by Crippen LogP contribution is -2.21. The third-order valence-corrected chi connectivity index (χ3v) is 4.09. The number of esters is 1. The number of ether oxygens (including phenoxy) is 1. The van der Waals surface area contributed by atoms with Gasteiger partial charge in [0.15, 0.2) is 0 Å². The van der Waals surface area contributed by atoms with Crippen LogP contribution in [0.5, 0.6) is 0 Å². The van der Waals surface area contributed by atoms with Crippen molar-refractivity contribution in [3.05, 3.63) is 23.4 Å². The molecule has 2 atom stereocenters. The number of nitrogens with one attached hydrogen (secondary N) is 1. The maximum atomic E-state index is 11.5. The Morgan fingerprint density at radius 2 is 2.20 bits per heavy atom. The van der Waals surface area contributed by atoms with Gasteiger partial charge < -0.3 is 15.2 Å². The minimum Gasteiger partial charge on any atom is -0.465 e. The highest BCUT2D eigenvalue weighted by atomic mass is 16.5. The number of carbonyl (C=O) groups is 1. The van der Waals surface area contributed by atoms with Gasteiger partial charge in [-0.3, -0.25) is 0 Å². The van der Waals surface area contributed by atoms with Crippen LogP contribution in [0.25, 0.3) is 0 Å². The minimum absolute atomic E-state index is 0.264. The molecule has 1 aliphatic rings. The van der Waals surface area contributed by atoms with E-state index >= 15 is 0 Å². The lowest BCUT2D eigenvalue weighted by molar-refractivity contribution is 0.0599. The van der Waals surface area contributed by atoms with Gasteiger partial charge in [-0.15, -0.1) is 0 Å². The Hall–Kier alpha value is -1.62. The zero-order chi connectivity index (χ0) is 14.5. The normalized spacial score (nSPS) is 21.8. The number of carbonyl (C=O) groups excluding carboxylic acids is 1. The molecule has 0 aromatic carbocycles. The molecule has 1 aliphatic carbocycles. The van der Waals surface area contributed by atoms with Gasteiger partial charge in [0, 0.05) is 13.2 Å². The molecular weight excluding hydrogens is 256 g/mol. The number of pyridine rings is 1. The molecule has 1 aromatic rings. The third kappa shape index (κ3) is 3.28. The molecule has 0 saturated heterocycles. The van der Waals surface area contributed by atoms with Gasteiger partial charge in [0.25, 0.3) is 0 Å². The smallest absolute Gasteiger partial charge is 0.339 e. The molecule has 1 aromatic heterocycles. The zero-order valence-corrected chi connectivity index (χ0v) is 12.1. The predicted molar refractivity (Wildman–Crippen MR) is 76.7 cm³/mol. The first-order valence-corrected chi connectivity index (χ1v) is 7.06. The Balaban J connectivity index is 1.97. The largest absolute Gasteiger partial charge is 0.465 e. The summed E-state index contributed by atoms with van der Waals surface area (Å²) >= 11 is 0. The van der Waals surface area contributed by atoms with Crippen LogP contribution in [0.2, 0.25) is 0 Å². The fourth-order valence-corrected chi connectivity index (χ4v) is 2.84. The van der Waals surface area contributed by atoms with Gasteiger partial charge in [-0.25, -0.2) is 9.78 Å². The number of hydrogen-bond acceptors (Lipinski definition) is 5. The van der Waals surface area contributed by atoms with Crippen LogP contribution >= 0.6 is 0 Å². The molecule has 1 fully saturated rings. The highest BCUT2D eigenvalue weighted by Crippen LogP contribution is 2.31. The Bertz CT molecular complexity index is 476. The van der Waals surface area contributed by atoms with E-state index in [1.807, 2.05) is 0 Å². The molecule has 1 heterocycles. The van der Waals surface area contributed by atoms with Gasteiger partial charge in [-0.2, -0.15) is 0 Å². The van der Waals surface area contributed by atoms with Gasteiger partial charge in [0.2, 0.25) is 0 Å². The molecule has 0 spiro atoms. The highest BCUT2D eigenvalue weighted by Gasteiger charge is 2.26. The summed E-state index contributed by atoms with van der Waals surface area (Å²) in [7, 11) is 1.36. The molecule has 2 N–H and O–H groups in total. The molecule has 20 heavy (non-hydrogen) atoms. The maximum Gasteiger partial charge on any atom is 0.339 e. The number of nitrogens with zero attached hydrogens (tertiary/aromatic N) is 1. The number of rotatable bonds is 5. The molecular formula is C15H22N2O3. The van der Waals surface area contributed by atoms with Crippen molar-refractivity contribution in [1.82, 2.24) is 4.98 Å².